The molecule has 0 saturated heterocycles. The van der Waals surface area contributed by atoms with Gasteiger partial charge in [-0.1, -0.05) is 20.8 Å². The molecule has 2 rings (SSSR count). The van der Waals surface area contributed by atoms with Gasteiger partial charge in [0.2, 0.25) is 0 Å². The van der Waals surface area contributed by atoms with Crippen LogP contribution in [0.1, 0.15) is 71.5 Å². The summed E-state index contributed by atoms with van der Waals surface area (Å²) in [5.74, 6) is 0. The number of hydrogen-bond acceptors (Lipinski definition) is 4. The van der Waals surface area contributed by atoms with E-state index in [0.29, 0.717) is 6.04 Å². The largest absolute Gasteiger partial charge is 0.379 e. The number of ether oxygens (including phenoxy) is 1. The van der Waals surface area contributed by atoms with E-state index in [4.69, 9.17) is 9.72 Å². The van der Waals surface area contributed by atoms with Gasteiger partial charge in [-0.15, -0.1) is 11.3 Å². The van der Waals surface area contributed by atoms with Crippen molar-refractivity contribution in [2.75, 3.05) is 7.11 Å². The Kier molecular flexibility index (Phi) is 4.54. The van der Waals surface area contributed by atoms with E-state index in [-0.39, 0.29) is 16.6 Å². The maximum Gasteiger partial charge on any atom is 0.113 e. The Morgan fingerprint density at radius 2 is 1.86 bits per heavy atom. The third-order valence-electron chi connectivity index (χ3n) is 4.18. The molecule has 1 N–H and O–H groups in total. The Hall–Kier alpha value is -0.450. The summed E-state index contributed by atoms with van der Waals surface area (Å²) in [4.78, 5) is 4.95. The van der Waals surface area contributed by atoms with Crippen LogP contribution in [0.3, 0.4) is 0 Å². The second-order valence-corrected chi connectivity index (χ2v) is 9.04. The Labute approximate surface area is 133 Å². The van der Waals surface area contributed by atoms with Crippen LogP contribution < -0.4 is 5.32 Å². The van der Waals surface area contributed by atoms with Crippen LogP contribution in [-0.2, 0) is 15.7 Å². The van der Waals surface area contributed by atoms with Crippen molar-refractivity contribution in [2.45, 2.75) is 83.4 Å². The first-order valence-electron chi connectivity index (χ1n) is 7.85. The third kappa shape index (κ3) is 4.27. The maximum atomic E-state index is 5.67. The van der Waals surface area contributed by atoms with Gasteiger partial charge in [-0.05, 0) is 33.6 Å². The van der Waals surface area contributed by atoms with Crippen molar-refractivity contribution in [1.29, 1.82) is 0 Å². The summed E-state index contributed by atoms with van der Waals surface area (Å²) in [5.41, 5.74) is 1.01. The van der Waals surface area contributed by atoms with Gasteiger partial charge in [0.25, 0.3) is 0 Å². The number of aromatic nitrogens is 1. The molecule has 1 heterocycles. The highest BCUT2D eigenvalue weighted by Gasteiger charge is 2.40. The van der Waals surface area contributed by atoms with E-state index in [0.717, 1.165) is 6.42 Å². The molecule has 1 aliphatic carbocycles. The molecule has 21 heavy (non-hydrogen) atoms. The fraction of sp³-hybridized carbons (Fsp3) is 0.824. The number of thiazole rings is 1. The topological polar surface area (TPSA) is 34.1 Å². The highest BCUT2D eigenvalue weighted by Crippen LogP contribution is 2.38. The summed E-state index contributed by atoms with van der Waals surface area (Å²) in [6.07, 6.45) is 3.48. The van der Waals surface area contributed by atoms with Crippen molar-refractivity contribution in [1.82, 2.24) is 10.3 Å². The lowest BCUT2D eigenvalue weighted by molar-refractivity contribution is -0.00764. The summed E-state index contributed by atoms with van der Waals surface area (Å²) in [7, 11) is 1.79. The lowest BCUT2D eigenvalue weighted by Gasteiger charge is -2.36. The van der Waals surface area contributed by atoms with Gasteiger partial charge in [-0.25, -0.2) is 4.98 Å². The van der Waals surface area contributed by atoms with Crippen LogP contribution in [0.4, 0.5) is 0 Å². The van der Waals surface area contributed by atoms with E-state index >= 15 is 0 Å². The molecule has 1 aliphatic rings. The van der Waals surface area contributed by atoms with Gasteiger partial charge in [-0.3, -0.25) is 0 Å². The fourth-order valence-electron chi connectivity index (χ4n) is 2.66. The molecule has 0 aromatic carbocycles. The fourth-order valence-corrected chi connectivity index (χ4v) is 3.83. The van der Waals surface area contributed by atoms with Gasteiger partial charge in [0.15, 0.2) is 0 Å². The molecule has 0 spiro atoms. The van der Waals surface area contributed by atoms with Crippen molar-refractivity contribution in [3.8, 4) is 0 Å². The Bertz CT molecular complexity index is 485. The smallest absolute Gasteiger partial charge is 0.113 e. The highest BCUT2D eigenvalue weighted by atomic mass is 32.1. The van der Waals surface area contributed by atoms with Crippen LogP contribution in [-0.4, -0.2) is 23.7 Å². The van der Waals surface area contributed by atoms with Crippen LogP contribution in [0.25, 0.3) is 0 Å². The van der Waals surface area contributed by atoms with Crippen molar-refractivity contribution < 1.29 is 4.74 Å². The third-order valence-corrected chi connectivity index (χ3v) is 5.28. The van der Waals surface area contributed by atoms with Crippen LogP contribution in [0, 0.1) is 0 Å². The molecule has 1 aromatic heterocycles. The number of methoxy groups -OCH3 is 1. The number of rotatable bonds is 6. The van der Waals surface area contributed by atoms with Crippen molar-refractivity contribution in [3.05, 3.63) is 16.1 Å². The lowest BCUT2D eigenvalue weighted by Crippen LogP contribution is -2.46. The normalized spacial score (nSPS) is 19.6. The lowest BCUT2D eigenvalue weighted by atomic mass is 9.87. The van der Waals surface area contributed by atoms with E-state index in [9.17, 15) is 0 Å². The molecule has 120 valence electrons. The summed E-state index contributed by atoms with van der Waals surface area (Å²) in [5, 5.41) is 7.20. The first kappa shape index (κ1) is 16.9. The SMILES string of the molecule is COC(C)(C)CC(C)(NC1CC1)c1nc(C(C)(C)C)cs1. The second kappa shape index (κ2) is 5.64. The quantitative estimate of drug-likeness (QED) is 0.854. The Morgan fingerprint density at radius 3 is 2.29 bits per heavy atom. The average molecular weight is 311 g/mol. The van der Waals surface area contributed by atoms with E-state index in [1.54, 1.807) is 18.4 Å². The second-order valence-electron chi connectivity index (χ2n) is 8.18. The van der Waals surface area contributed by atoms with Crippen LogP contribution in [0.15, 0.2) is 5.38 Å². The minimum atomic E-state index is -0.162. The molecule has 0 bridgehead atoms. The van der Waals surface area contributed by atoms with Gasteiger partial charge >= 0.3 is 0 Å². The van der Waals surface area contributed by atoms with Gasteiger partial charge in [-0.2, -0.15) is 0 Å². The molecule has 1 aromatic rings. The zero-order chi connectivity index (χ0) is 15.9. The molecule has 1 unspecified atom stereocenters. The van der Waals surface area contributed by atoms with Gasteiger partial charge < -0.3 is 10.1 Å². The van der Waals surface area contributed by atoms with Crippen molar-refractivity contribution >= 4 is 11.3 Å². The van der Waals surface area contributed by atoms with Crippen molar-refractivity contribution in [2.24, 2.45) is 0 Å². The predicted molar refractivity (Wildman–Crippen MR) is 90.0 cm³/mol. The highest BCUT2D eigenvalue weighted by molar-refractivity contribution is 7.09. The minimum absolute atomic E-state index is 0.103. The average Bonchev–Trinajstić information content (AvgIpc) is 2.98. The number of hydrogen-bond donors (Lipinski definition) is 1. The van der Waals surface area contributed by atoms with Crippen LogP contribution >= 0.6 is 11.3 Å². The zero-order valence-electron chi connectivity index (χ0n) is 14.5. The van der Waals surface area contributed by atoms with E-state index < -0.39 is 0 Å². The van der Waals surface area contributed by atoms with Crippen LogP contribution in [0.2, 0.25) is 0 Å². The molecule has 1 atom stereocenters. The Morgan fingerprint density at radius 1 is 1.24 bits per heavy atom. The van der Waals surface area contributed by atoms with Gasteiger partial charge in [0, 0.05) is 30.4 Å². The minimum Gasteiger partial charge on any atom is -0.379 e. The molecule has 3 nitrogen and oxygen atoms in total. The number of nitrogens with zero attached hydrogens (tertiary/aromatic N) is 1. The maximum absolute atomic E-state index is 5.67. The standard InChI is InChI=1S/C17H30N2OS/c1-15(2,3)13-10-21-14(18-13)17(6,19-12-8-9-12)11-16(4,5)20-7/h10,12,19H,8-9,11H2,1-7H3. The van der Waals surface area contributed by atoms with Gasteiger partial charge in [0.05, 0.1) is 16.8 Å². The molecular weight excluding hydrogens is 280 g/mol. The monoisotopic (exact) mass is 310 g/mol. The predicted octanol–water partition coefficient (Wildman–Crippen LogP) is 4.22. The van der Waals surface area contributed by atoms with E-state index in [1.807, 2.05) is 0 Å². The molecular formula is C17H30N2OS. The zero-order valence-corrected chi connectivity index (χ0v) is 15.4. The summed E-state index contributed by atoms with van der Waals surface area (Å²) < 4.78 is 5.67. The summed E-state index contributed by atoms with van der Waals surface area (Å²) >= 11 is 1.78. The number of nitrogens with one attached hydrogen (secondary N) is 1. The summed E-state index contributed by atoms with van der Waals surface area (Å²) in [6.45, 7) is 13.2. The molecule has 0 amide bonds. The molecule has 0 aliphatic heterocycles. The van der Waals surface area contributed by atoms with Crippen LogP contribution in [0.5, 0.6) is 0 Å². The molecule has 1 saturated carbocycles. The summed E-state index contributed by atoms with van der Waals surface area (Å²) in [6, 6.07) is 0.643. The van der Waals surface area contributed by atoms with E-state index in [2.05, 4.69) is 52.2 Å². The molecule has 0 radical (unpaired) electrons. The first-order valence-corrected chi connectivity index (χ1v) is 8.73. The Balaban J connectivity index is 2.28. The van der Waals surface area contributed by atoms with E-state index in [1.165, 1.54) is 23.5 Å². The van der Waals surface area contributed by atoms with Gasteiger partial charge in [0.1, 0.15) is 5.01 Å². The molecule has 4 heteroatoms. The van der Waals surface area contributed by atoms with Crippen molar-refractivity contribution in [3.63, 3.8) is 0 Å². The first-order chi connectivity index (χ1) is 9.56. The molecule has 1 fully saturated rings.